The van der Waals surface area contributed by atoms with E-state index in [1.165, 1.54) is 32.1 Å². The van der Waals surface area contributed by atoms with E-state index in [1.54, 1.807) is 0 Å². The molecule has 0 aliphatic rings. The Balaban J connectivity index is 3.66. The van der Waals surface area contributed by atoms with Gasteiger partial charge in [-0.05, 0) is 6.42 Å². The van der Waals surface area contributed by atoms with Crippen LogP contribution in [-0.4, -0.2) is 3.79 Å². The quantitative estimate of drug-likeness (QED) is 0.418. The van der Waals surface area contributed by atoms with Crippen molar-refractivity contribution >= 4 is 34.8 Å². The fraction of sp³-hybridized carbons (Fsp3) is 0.917. The molecule has 0 heterocycles. The Morgan fingerprint density at radius 1 is 1.06 bits per heavy atom. The maximum absolute atomic E-state index is 8.65. The van der Waals surface area contributed by atoms with Crippen LogP contribution < -0.4 is 0 Å². The van der Waals surface area contributed by atoms with Gasteiger partial charge in [-0.3, -0.25) is 0 Å². The molecular formula is C12H20Cl3N. The van der Waals surface area contributed by atoms with E-state index in [0.29, 0.717) is 6.42 Å². The van der Waals surface area contributed by atoms with E-state index >= 15 is 0 Å². The van der Waals surface area contributed by atoms with Crippen LogP contribution in [-0.2, 0) is 0 Å². The van der Waals surface area contributed by atoms with Crippen LogP contribution in [0, 0.1) is 17.2 Å². The van der Waals surface area contributed by atoms with E-state index in [4.69, 9.17) is 40.1 Å². The molecule has 0 N–H and O–H groups in total. The van der Waals surface area contributed by atoms with E-state index in [1.807, 2.05) is 0 Å². The van der Waals surface area contributed by atoms with Crippen LogP contribution in [0.15, 0.2) is 0 Å². The summed E-state index contributed by atoms with van der Waals surface area (Å²) in [5.74, 6) is -0.131. The Morgan fingerprint density at radius 2 is 1.62 bits per heavy atom. The first-order valence-corrected chi connectivity index (χ1v) is 7.09. The van der Waals surface area contributed by atoms with E-state index in [2.05, 4.69) is 13.0 Å². The summed E-state index contributed by atoms with van der Waals surface area (Å²) >= 11 is 17.5. The van der Waals surface area contributed by atoms with Crippen LogP contribution in [0.3, 0.4) is 0 Å². The summed E-state index contributed by atoms with van der Waals surface area (Å²) in [4.78, 5) is 0. The van der Waals surface area contributed by atoms with E-state index < -0.39 is 3.79 Å². The minimum absolute atomic E-state index is 0.131. The van der Waals surface area contributed by atoms with Crippen molar-refractivity contribution in [2.75, 3.05) is 0 Å². The molecule has 0 spiro atoms. The molecule has 1 atom stereocenters. The van der Waals surface area contributed by atoms with Crippen molar-refractivity contribution in [2.24, 2.45) is 5.92 Å². The Bertz CT molecular complexity index is 205. The van der Waals surface area contributed by atoms with E-state index in [9.17, 15) is 0 Å². The van der Waals surface area contributed by atoms with E-state index in [-0.39, 0.29) is 5.92 Å². The van der Waals surface area contributed by atoms with Crippen LogP contribution in [0.1, 0.15) is 58.3 Å². The molecule has 0 amide bonds. The number of hydrogen-bond donors (Lipinski definition) is 0. The molecule has 1 unspecified atom stereocenters. The van der Waals surface area contributed by atoms with Crippen molar-refractivity contribution in [3.05, 3.63) is 0 Å². The van der Waals surface area contributed by atoms with Crippen molar-refractivity contribution in [2.45, 2.75) is 62.1 Å². The van der Waals surface area contributed by atoms with Gasteiger partial charge in [-0.1, -0.05) is 80.3 Å². The Hall–Kier alpha value is 0.360. The zero-order valence-electron chi connectivity index (χ0n) is 9.82. The summed E-state index contributed by atoms with van der Waals surface area (Å²) in [6, 6.07) is 2.08. The second kappa shape index (κ2) is 9.40. The lowest BCUT2D eigenvalue weighted by molar-refractivity contribution is 0.463. The van der Waals surface area contributed by atoms with Crippen LogP contribution >= 0.6 is 34.8 Å². The predicted octanol–water partition coefficient (Wildman–Crippen LogP) is 5.64. The first-order chi connectivity index (χ1) is 7.52. The first-order valence-electron chi connectivity index (χ1n) is 5.96. The number of rotatable bonds is 8. The number of alkyl halides is 3. The summed E-state index contributed by atoms with van der Waals surface area (Å²) in [5, 5.41) is 8.65. The average Bonchev–Trinajstić information content (AvgIpc) is 2.20. The van der Waals surface area contributed by atoms with Crippen molar-refractivity contribution in [1.29, 1.82) is 5.26 Å². The Kier molecular flexibility index (Phi) is 9.61. The smallest absolute Gasteiger partial charge is 0.194 e. The maximum atomic E-state index is 8.65. The molecule has 0 aliphatic carbocycles. The lowest BCUT2D eigenvalue weighted by atomic mass is 9.99. The fourth-order valence-electron chi connectivity index (χ4n) is 1.66. The average molecular weight is 285 g/mol. The van der Waals surface area contributed by atoms with Crippen LogP contribution in [0.2, 0.25) is 0 Å². The highest BCUT2D eigenvalue weighted by Crippen LogP contribution is 2.39. The molecule has 0 saturated heterocycles. The molecule has 94 valence electrons. The van der Waals surface area contributed by atoms with E-state index in [0.717, 1.165) is 12.8 Å². The number of halogens is 3. The minimum atomic E-state index is -1.29. The Labute approximate surface area is 114 Å². The van der Waals surface area contributed by atoms with Crippen molar-refractivity contribution in [1.82, 2.24) is 0 Å². The molecule has 0 radical (unpaired) electrons. The third kappa shape index (κ3) is 8.50. The molecule has 0 bridgehead atoms. The highest BCUT2D eigenvalue weighted by molar-refractivity contribution is 6.67. The predicted molar refractivity (Wildman–Crippen MR) is 72.0 cm³/mol. The Morgan fingerprint density at radius 3 is 2.12 bits per heavy atom. The molecule has 1 nitrogen and oxygen atoms in total. The summed E-state index contributed by atoms with van der Waals surface area (Å²) < 4.78 is -1.29. The van der Waals surface area contributed by atoms with Gasteiger partial charge >= 0.3 is 0 Å². The van der Waals surface area contributed by atoms with Crippen LogP contribution in [0.25, 0.3) is 0 Å². The lowest BCUT2D eigenvalue weighted by Crippen LogP contribution is -2.18. The van der Waals surface area contributed by atoms with Gasteiger partial charge in [0.25, 0.3) is 0 Å². The second-order valence-corrected chi connectivity index (χ2v) is 6.53. The molecule has 0 aromatic rings. The van der Waals surface area contributed by atoms with Gasteiger partial charge in [0, 0.05) is 12.3 Å². The zero-order chi connectivity index (χ0) is 12.4. The van der Waals surface area contributed by atoms with Gasteiger partial charge in [-0.15, -0.1) is 0 Å². The third-order valence-corrected chi connectivity index (χ3v) is 3.63. The molecule has 4 heteroatoms. The molecule has 0 aromatic carbocycles. The van der Waals surface area contributed by atoms with Crippen LogP contribution in [0.4, 0.5) is 0 Å². The third-order valence-electron chi connectivity index (χ3n) is 2.71. The van der Waals surface area contributed by atoms with Gasteiger partial charge in [-0.25, -0.2) is 0 Å². The highest BCUT2D eigenvalue weighted by Gasteiger charge is 2.31. The van der Waals surface area contributed by atoms with Crippen molar-refractivity contribution in [3.8, 4) is 6.07 Å². The van der Waals surface area contributed by atoms with Gasteiger partial charge in [0.05, 0.1) is 6.07 Å². The normalized spacial score (nSPS) is 13.4. The second-order valence-electron chi connectivity index (χ2n) is 4.16. The first kappa shape index (κ1) is 16.4. The molecule has 16 heavy (non-hydrogen) atoms. The van der Waals surface area contributed by atoms with Gasteiger partial charge < -0.3 is 0 Å². The van der Waals surface area contributed by atoms with Crippen molar-refractivity contribution < 1.29 is 0 Å². The SMILES string of the molecule is CCCCCCCCC(CC#N)C(Cl)(Cl)Cl. The van der Waals surface area contributed by atoms with Gasteiger partial charge in [-0.2, -0.15) is 5.26 Å². The lowest BCUT2D eigenvalue weighted by Gasteiger charge is -2.21. The molecule has 0 rings (SSSR count). The molecule has 0 saturated carbocycles. The zero-order valence-corrected chi connectivity index (χ0v) is 12.1. The topological polar surface area (TPSA) is 23.8 Å². The van der Waals surface area contributed by atoms with Gasteiger partial charge in [0.1, 0.15) is 0 Å². The van der Waals surface area contributed by atoms with Gasteiger partial charge in [0.2, 0.25) is 0 Å². The summed E-state index contributed by atoms with van der Waals surface area (Å²) in [6.45, 7) is 2.20. The molecule has 0 aromatic heterocycles. The monoisotopic (exact) mass is 283 g/mol. The molecular weight excluding hydrogens is 264 g/mol. The van der Waals surface area contributed by atoms with Gasteiger partial charge in [0.15, 0.2) is 3.79 Å². The maximum Gasteiger partial charge on any atom is 0.194 e. The summed E-state index contributed by atoms with van der Waals surface area (Å²) in [7, 11) is 0. The number of hydrogen-bond acceptors (Lipinski definition) is 1. The largest absolute Gasteiger partial charge is 0.198 e. The fourth-order valence-corrected chi connectivity index (χ4v) is 2.22. The minimum Gasteiger partial charge on any atom is -0.198 e. The number of nitrogens with zero attached hydrogens (tertiary/aromatic N) is 1. The summed E-state index contributed by atoms with van der Waals surface area (Å²) in [5.41, 5.74) is 0. The standard InChI is InChI=1S/C12H20Cl3N/c1-2-3-4-5-6-7-8-11(9-10-16)12(13,14)15/h11H,2-9H2,1H3. The number of nitriles is 1. The summed E-state index contributed by atoms with van der Waals surface area (Å²) in [6.07, 6.45) is 8.45. The molecule has 0 fully saturated rings. The van der Waals surface area contributed by atoms with Crippen molar-refractivity contribution in [3.63, 3.8) is 0 Å². The number of unbranched alkanes of at least 4 members (excludes halogenated alkanes) is 5. The highest BCUT2D eigenvalue weighted by atomic mass is 35.6. The van der Waals surface area contributed by atoms with Crippen LogP contribution in [0.5, 0.6) is 0 Å². The molecule has 0 aliphatic heterocycles.